The van der Waals surface area contributed by atoms with Gasteiger partial charge in [-0.1, -0.05) is 41.4 Å². The van der Waals surface area contributed by atoms with Gasteiger partial charge >= 0.3 is 0 Å². The lowest BCUT2D eigenvalue weighted by molar-refractivity contribution is -0.119. The molecule has 0 aromatic heterocycles. The Morgan fingerprint density at radius 2 is 1.82 bits per heavy atom. The molecule has 1 aliphatic rings. The molecule has 112 valence electrons. The largest absolute Gasteiger partial charge is 0.302 e. The number of rotatable bonds is 2. The Morgan fingerprint density at radius 1 is 1.14 bits per heavy atom. The highest BCUT2D eigenvalue weighted by Gasteiger charge is 2.39. The summed E-state index contributed by atoms with van der Waals surface area (Å²) in [4.78, 5) is 13.9. The molecule has 22 heavy (non-hydrogen) atoms. The predicted molar refractivity (Wildman–Crippen MR) is 88.8 cm³/mol. The average Bonchev–Trinajstić information content (AvgIpc) is 2.78. The minimum atomic E-state index is -0.839. The molecule has 0 bridgehead atoms. The molecule has 2 aromatic carbocycles. The van der Waals surface area contributed by atoms with Crippen LogP contribution in [0, 0.1) is 5.82 Å². The van der Waals surface area contributed by atoms with E-state index in [2.05, 4.69) is 5.32 Å². The Kier molecular flexibility index (Phi) is 4.04. The fraction of sp³-hybridized carbons (Fsp3) is 0.0667. The molecule has 1 unspecified atom stereocenters. The summed E-state index contributed by atoms with van der Waals surface area (Å²) in [5.41, 5.74) is 1.02. The van der Waals surface area contributed by atoms with Gasteiger partial charge in [-0.05, 0) is 36.5 Å². The summed E-state index contributed by atoms with van der Waals surface area (Å²) in [6.45, 7) is 0. The quantitative estimate of drug-likeness (QED) is 0.650. The molecule has 1 atom stereocenters. The third-order valence-corrected chi connectivity index (χ3v) is 4.24. The topological polar surface area (TPSA) is 32.3 Å². The van der Waals surface area contributed by atoms with Gasteiger partial charge in [0.2, 0.25) is 0 Å². The van der Waals surface area contributed by atoms with Gasteiger partial charge in [0.05, 0.1) is 5.02 Å². The van der Waals surface area contributed by atoms with Crippen LogP contribution in [0.1, 0.15) is 11.6 Å². The monoisotopic (exact) mass is 354 g/mol. The molecular formula is C15H9Cl2FN2OS. The zero-order valence-electron chi connectivity index (χ0n) is 11.0. The zero-order valence-corrected chi connectivity index (χ0v) is 13.3. The normalized spacial score (nSPS) is 17.8. The van der Waals surface area contributed by atoms with Crippen LogP contribution in [0.15, 0.2) is 42.5 Å². The van der Waals surface area contributed by atoms with Crippen LogP contribution >= 0.6 is 35.4 Å². The maximum Gasteiger partial charge on any atom is 0.253 e. The minimum Gasteiger partial charge on any atom is -0.302 e. The first-order valence-electron chi connectivity index (χ1n) is 6.32. The molecule has 0 radical (unpaired) electrons. The van der Waals surface area contributed by atoms with E-state index in [0.29, 0.717) is 11.3 Å². The standard InChI is InChI=1S/C15H9Cl2FN2OS/c16-10-7-11(17)12(18)6-9(10)13-14(21)19-15(22)20(13)8-4-2-1-3-5-8/h1-7,13H,(H,19,21,22). The minimum absolute atomic E-state index is 0.0963. The van der Waals surface area contributed by atoms with Gasteiger partial charge in [-0.15, -0.1) is 0 Å². The smallest absolute Gasteiger partial charge is 0.253 e. The number of anilines is 1. The molecule has 0 aliphatic carbocycles. The van der Waals surface area contributed by atoms with Gasteiger partial charge in [0.15, 0.2) is 5.11 Å². The second kappa shape index (κ2) is 5.83. The van der Waals surface area contributed by atoms with Crippen LogP contribution in [0.25, 0.3) is 0 Å². The van der Waals surface area contributed by atoms with E-state index in [1.54, 1.807) is 17.0 Å². The summed E-state index contributed by atoms with van der Waals surface area (Å²) in [5.74, 6) is -1.00. The first kappa shape index (κ1) is 15.2. The van der Waals surface area contributed by atoms with Crippen molar-refractivity contribution < 1.29 is 9.18 Å². The lowest BCUT2D eigenvalue weighted by Gasteiger charge is -2.24. The van der Waals surface area contributed by atoms with Crippen molar-refractivity contribution in [3.05, 3.63) is 63.9 Å². The van der Waals surface area contributed by atoms with E-state index in [4.69, 9.17) is 35.4 Å². The first-order chi connectivity index (χ1) is 10.5. The molecular weight excluding hydrogens is 346 g/mol. The summed E-state index contributed by atoms with van der Waals surface area (Å²) in [7, 11) is 0. The van der Waals surface area contributed by atoms with Crippen molar-refractivity contribution >= 4 is 52.1 Å². The van der Waals surface area contributed by atoms with E-state index < -0.39 is 11.9 Å². The van der Waals surface area contributed by atoms with Gasteiger partial charge < -0.3 is 10.2 Å². The molecule has 1 fully saturated rings. The van der Waals surface area contributed by atoms with Gasteiger partial charge in [0, 0.05) is 16.3 Å². The summed E-state index contributed by atoms with van der Waals surface area (Å²) >= 11 is 17.1. The van der Waals surface area contributed by atoms with E-state index in [9.17, 15) is 9.18 Å². The molecule has 1 aliphatic heterocycles. The zero-order chi connectivity index (χ0) is 15.9. The third kappa shape index (κ3) is 2.56. The van der Waals surface area contributed by atoms with Gasteiger partial charge in [0.25, 0.3) is 5.91 Å². The van der Waals surface area contributed by atoms with Crippen LogP contribution in [-0.2, 0) is 4.79 Å². The Balaban J connectivity index is 2.13. The molecule has 1 N–H and O–H groups in total. The van der Waals surface area contributed by atoms with Crippen LogP contribution < -0.4 is 10.2 Å². The number of thiocarbonyl (C=S) groups is 1. The van der Waals surface area contributed by atoms with Crippen molar-refractivity contribution in [2.45, 2.75) is 6.04 Å². The van der Waals surface area contributed by atoms with Crippen molar-refractivity contribution in [2.75, 3.05) is 4.90 Å². The summed E-state index contributed by atoms with van der Waals surface area (Å²) in [5, 5.41) is 2.93. The number of carbonyl (C=O) groups is 1. The Hall–Kier alpha value is -1.69. The first-order valence-corrected chi connectivity index (χ1v) is 7.49. The number of carbonyl (C=O) groups excluding carboxylic acids is 1. The van der Waals surface area contributed by atoms with Crippen LogP contribution in [0.3, 0.4) is 0 Å². The van der Waals surface area contributed by atoms with Crippen molar-refractivity contribution in [3.8, 4) is 0 Å². The van der Waals surface area contributed by atoms with E-state index in [0.717, 1.165) is 0 Å². The van der Waals surface area contributed by atoms with Crippen LogP contribution in [0.5, 0.6) is 0 Å². The Labute approximate surface area is 141 Å². The molecule has 1 saturated heterocycles. The van der Waals surface area contributed by atoms with Crippen molar-refractivity contribution in [1.29, 1.82) is 0 Å². The van der Waals surface area contributed by atoms with Gasteiger partial charge in [-0.2, -0.15) is 0 Å². The highest BCUT2D eigenvalue weighted by atomic mass is 35.5. The average molecular weight is 355 g/mol. The number of halogens is 3. The molecule has 2 aromatic rings. The SMILES string of the molecule is O=C1NC(=S)N(c2ccccc2)C1c1cc(F)c(Cl)cc1Cl. The highest BCUT2D eigenvalue weighted by molar-refractivity contribution is 7.80. The number of nitrogens with zero attached hydrogens (tertiary/aromatic N) is 1. The molecule has 1 amide bonds. The maximum absolute atomic E-state index is 13.8. The lowest BCUT2D eigenvalue weighted by atomic mass is 10.0. The fourth-order valence-electron chi connectivity index (χ4n) is 2.35. The molecule has 0 saturated carbocycles. The molecule has 7 heteroatoms. The number of nitrogens with one attached hydrogen (secondary N) is 1. The number of para-hydroxylation sites is 1. The molecule has 3 rings (SSSR count). The number of benzene rings is 2. The fourth-order valence-corrected chi connectivity index (χ4v) is 3.15. The maximum atomic E-state index is 13.8. The van der Waals surface area contributed by atoms with Crippen molar-refractivity contribution in [2.24, 2.45) is 0 Å². The van der Waals surface area contributed by atoms with Crippen LogP contribution in [0.4, 0.5) is 10.1 Å². The predicted octanol–water partition coefficient (Wildman–Crippen LogP) is 4.09. The Morgan fingerprint density at radius 3 is 2.50 bits per heavy atom. The van der Waals surface area contributed by atoms with Gasteiger partial charge in [-0.25, -0.2) is 4.39 Å². The number of hydrogen-bond donors (Lipinski definition) is 1. The van der Waals surface area contributed by atoms with E-state index in [1.807, 2.05) is 18.2 Å². The summed E-state index contributed by atoms with van der Waals surface area (Å²) in [6.07, 6.45) is 0. The van der Waals surface area contributed by atoms with E-state index >= 15 is 0 Å². The second-order valence-electron chi connectivity index (χ2n) is 4.69. The second-order valence-corrected chi connectivity index (χ2v) is 5.89. The Bertz CT molecular complexity index is 770. The van der Waals surface area contributed by atoms with Crippen molar-refractivity contribution in [1.82, 2.24) is 5.32 Å². The van der Waals surface area contributed by atoms with Crippen molar-refractivity contribution in [3.63, 3.8) is 0 Å². The highest BCUT2D eigenvalue weighted by Crippen LogP contribution is 2.36. The number of hydrogen-bond acceptors (Lipinski definition) is 2. The number of amides is 1. The van der Waals surface area contributed by atoms with E-state index in [-0.39, 0.29) is 21.1 Å². The molecule has 0 spiro atoms. The summed E-state index contributed by atoms with van der Waals surface area (Å²) < 4.78 is 13.8. The van der Waals surface area contributed by atoms with Crippen LogP contribution in [-0.4, -0.2) is 11.0 Å². The molecule has 1 heterocycles. The third-order valence-electron chi connectivity index (χ3n) is 3.32. The molecule has 3 nitrogen and oxygen atoms in total. The van der Waals surface area contributed by atoms with E-state index in [1.165, 1.54) is 12.1 Å². The van der Waals surface area contributed by atoms with Crippen LogP contribution in [0.2, 0.25) is 10.0 Å². The summed E-state index contributed by atoms with van der Waals surface area (Å²) in [6, 6.07) is 10.7. The van der Waals surface area contributed by atoms with Gasteiger partial charge in [0.1, 0.15) is 11.9 Å². The van der Waals surface area contributed by atoms with Gasteiger partial charge in [-0.3, -0.25) is 4.79 Å². The lowest BCUT2D eigenvalue weighted by Crippen LogP contribution is -2.29.